The molecule has 0 saturated carbocycles. The lowest BCUT2D eigenvalue weighted by atomic mass is 10.0. The fraction of sp³-hybridized carbons (Fsp3) is 0.154. The maximum Gasteiger partial charge on any atom is 0.358 e. The van der Waals surface area contributed by atoms with Crippen molar-refractivity contribution in [2.24, 2.45) is 0 Å². The van der Waals surface area contributed by atoms with Crippen molar-refractivity contribution in [2.45, 2.75) is 20.8 Å². The molecule has 0 aliphatic carbocycles. The Labute approximate surface area is 197 Å². The van der Waals surface area contributed by atoms with Gasteiger partial charge >= 0.3 is 5.97 Å². The molecule has 33 heavy (non-hydrogen) atoms. The summed E-state index contributed by atoms with van der Waals surface area (Å²) in [6.07, 6.45) is 1.66. The molecule has 2 aromatic carbocycles. The highest BCUT2D eigenvalue weighted by molar-refractivity contribution is 6.37. The zero-order chi connectivity index (χ0) is 23.5. The lowest BCUT2D eigenvalue weighted by molar-refractivity contribution is 0.0520. The summed E-state index contributed by atoms with van der Waals surface area (Å²) in [5.41, 5.74) is 5.99. The summed E-state index contributed by atoms with van der Waals surface area (Å²) >= 11 is 6.73. The summed E-state index contributed by atoms with van der Waals surface area (Å²) in [6.45, 7) is 13.1. The van der Waals surface area contributed by atoms with Gasteiger partial charge < -0.3 is 14.9 Å². The van der Waals surface area contributed by atoms with Gasteiger partial charge in [-0.1, -0.05) is 42.4 Å². The molecule has 4 aromatic rings. The lowest BCUT2D eigenvalue weighted by Gasteiger charge is -2.17. The molecule has 6 nitrogen and oxygen atoms in total. The normalized spacial score (nSPS) is 10.6. The predicted octanol–water partition coefficient (Wildman–Crippen LogP) is 7.04. The first kappa shape index (κ1) is 22.3. The van der Waals surface area contributed by atoms with Crippen molar-refractivity contribution in [2.75, 3.05) is 11.9 Å². The molecule has 0 fully saturated rings. The van der Waals surface area contributed by atoms with Crippen LogP contribution in [-0.2, 0) is 4.74 Å². The number of aromatic nitrogens is 2. The van der Waals surface area contributed by atoms with Crippen molar-refractivity contribution >= 4 is 45.7 Å². The molecule has 4 rings (SSSR count). The minimum Gasteiger partial charge on any atom is -0.461 e. The second-order valence-electron chi connectivity index (χ2n) is 7.56. The van der Waals surface area contributed by atoms with Gasteiger partial charge in [-0.2, -0.15) is 0 Å². The van der Waals surface area contributed by atoms with E-state index in [4.69, 9.17) is 22.9 Å². The Morgan fingerprint density at radius 2 is 1.91 bits per heavy atom. The number of nitrogens with one attached hydrogen (secondary N) is 1. The number of carbonyl (C=O) groups excluding carboxylic acids is 1. The predicted molar refractivity (Wildman–Crippen MR) is 131 cm³/mol. The molecule has 0 spiro atoms. The number of aryl methyl sites for hydroxylation is 2. The van der Waals surface area contributed by atoms with Gasteiger partial charge in [-0.15, -0.1) is 4.98 Å². The van der Waals surface area contributed by atoms with Crippen LogP contribution in [-0.4, -0.2) is 22.5 Å². The van der Waals surface area contributed by atoms with E-state index >= 15 is 0 Å². The number of hydrogen-bond acceptors (Lipinski definition) is 5. The number of fused-ring (bicyclic) bond motifs is 1. The van der Waals surface area contributed by atoms with E-state index in [1.54, 1.807) is 19.2 Å². The smallest absolute Gasteiger partial charge is 0.358 e. The minimum atomic E-state index is -0.573. The summed E-state index contributed by atoms with van der Waals surface area (Å²) in [5.74, 6) is -0.239. The molecule has 0 aliphatic heterocycles. The van der Waals surface area contributed by atoms with Crippen LogP contribution in [0.4, 0.5) is 17.2 Å². The Bertz CT molecular complexity index is 1410. The maximum atomic E-state index is 12.6. The Morgan fingerprint density at radius 3 is 2.61 bits per heavy atom. The molecule has 0 bridgehead atoms. The van der Waals surface area contributed by atoms with Gasteiger partial charge in [0.25, 0.3) is 5.82 Å². The number of anilines is 2. The molecule has 0 atom stereocenters. The SMILES string of the molecule is [C-]#[N+]c1ccc(-c2ccc3nc(C(=O)OCC)c(Cl)c(Nc4cc(C)ccc4C)c3c2)cn1. The van der Waals surface area contributed by atoms with Crippen LogP contribution in [0.2, 0.25) is 5.02 Å². The third-order valence-corrected chi connectivity index (χ3v) is 5.61. The van der Waals surface area contributed by atoms with Gasteiger partial charge in [0.2, 0.25) is 0 Å². The number of hydrogen-bond donors (Lipinski definition) is 1. The maximum absolute atomic E-state index is 12.6. The molecule has 7 heteroatoms. The number of rotatable bonds is 5. The van der Waals surface area contributed by atoms with Gasteiger partial charge in [-0.05, 0) is 61.7 Å². The number of nitrogens with zero attached hydrogens (tertiary/aromatic N) is 3. The number of pyridine rings is 2. The van der Waals surface area contributed by atoms with Gasteiger partial charge in [0, 0.05) is 16.6 Å². The molecule has 1 N–H and O–H groups in total. The topological polar surface area (TPSA) is 68.5 Å². The quantitative estimate of drug-likeness (QED) is 0.257. The van der Waals surface area contributed by atoms with Crippen molar-refractivity contribution < 1.29 is 9.53 Å². The highest BCUT2D eigenvalue weighted by Crippen LogP contribution is 2.38. The number of benzene rings is 2. The van der Waals surface area contributed by atoms with E-state index in [-0.39, 0.29) is 17.3 Å². The van der Waals surface area contributed by atoms with E-state index < -0.39 is 5.97 Å². The molecular formula is C26H21ClN4O2. The number of esters is 1. The van der Waals surface area contributed by atoms with E-state index in [0.29, 0.717) is 17.0 Å². The van der Waals surface area contributed by atoms with Crippen LogP contribution in [0.3, 0.4) is 0 Å². The monoisotopic (exact) mass is 456 g/mol. The van der Waals surface area contributed by atoms with E-state index in [1.807, 2.05) is 56.3 Å². The Kier molecular flexibility index (Phi) is 6.25. The average molecular weight is 457 g/mol. The Balaban J connectivity index is 1.92. The first-order valence-corrected chi connectivity index (χ1v) is 10.8. The third kappa shape index (κ3) is 4.50. The van der Waals surface area contributed by atoms with Crippen LogP contribution < -0.4 is 5.32 Å². The van der Waals surface area contributed by atoms with E-state index in [0.717, 1.165) is 33.3 Å². The zero-order valence-corrected chi connectivity index (χ0v) is 19.2. The average Bonchev–Trinajstić information content (AvgIpc) is 2.82. The van der Waals surface area contributed by atoms with Crippen molar-refractivity contribution in [1.29, 1.82) is 0 Å². The lowest BCUT2D eigenvalue weighted by Crippen LogP contribution is -2.10. The van der Waals surface area contributed by atoms with Crippen LogP contribution >= 0.6 is 11.6 Å². The van der Waals surface area contributed by atoms with Crippen LogP contribution in [0, 0.1) is 20.4 Å². The molecule has 164 valence electrons. The second kappa shape index (κ2) is 9.27. The molecule has 0 aliphatic rings. The molecular weight excluding hydrogens is 436 g/mol. The summed E-state index contributed by atoms with van der Waals surface area (Å²) < 4.78 is 5.17. The van der Waals surface area contributed by atoms with E-state index in [9.17, 15) is 4.79 Å². The highest BCUT2D eigenvalue weighted by Gasteiger charge is 2.21. The van der Waals surface area contributed by atoms with Crippen molar-refractivity contribution in [3.63, 3.8) is 0 Å². The van der Waals surface area contributed by atoms with Crippen LogP contribution in [0.5, 0.6) is 0 Å². The second-order valence-corrected chi connectivity index (χ2v) is 7.94. The van der Waals surface area contributed by atoms with Crippen molar-refractivity contribution in [1.82, 2.24) is 9.97 Å². The van der Waals surface area contributed by atoms with Crippen molar-refractivity contribution in [3.05, 3.63) is 88.0 Å². The zero-order valence-electron chi connectivity index (χ0n) is 18.4. The minimum absolute atomic E-state index is 0.0645. The molecule has 0 amide bonds. The summed E-state index contributed by atoms with van der Waals surface area (Å²) in [5, 5.41) is 4.37. The van der Waals surface area contributed by atoms with Gasteiger partial charge in [0.05, 0.1) is 22.8 Å². The largest absolute Gasteiger partial charge is 0.461 e. The van der Waals surface area contributed by atoms with Crippen molar-refractivity contribution in [3.8, 4) is 11.1 Å². The van der Waals surface area contributed by atoms with Crippen LogP contribution in [0.15, 0.2) is 54.7 Å². The molecule has 0 saturated heterocycles. The Hall–Kier alpha value is -3.95. The number of halogens is 1. The van der Waals surface area contributed by atoms with Gasteiger partial charge in [0.15, 0.2) is 5.69 Å². The Morgan fingerprint density at radius 1 is 1.12 bits per heavy atom. The standard InChI is InChI=1S/C26H21ClN4O2/c1-5-33-26(32)25-23(27)24(31-21-12-15(2)6-7-16(21)3)19-13-17(8-10-20(19)30-25)18-9-11-22(28-4)29-14-18/h6-14H,5H2,1-3H3,(H,30,31). The third-order valence-electron chi connectivity index (χ3n) is 5.24. The van der Waals surface area contributed by atoms with Gasteiger partial charge in [-0.3, -0.25) is 0 Å². The fourth-order valence-corrected chi connectivity index (χ4v) is 3.77. The molecule has 2 aromatic heterocycles. The van der Waals surface area contributed by atoms with Gasteiger partial charge in [0.1, 0.15) is 6.20 Å². The number of carbonyl (C=O) groups is 1. The summed E-state index contributed by atoms with van der Waals surface area (Å²) in [7, 11) is 0. The summed E-state index contributed by atoms with van der Waals surface area (Å²) in [4.78, 5) is 24.6. The number of ether oxygens (including phenoxy) is 1. The highest BCUT2D eigenvalue weighted by atomic mass is 35.5. The first-order valence-electron chi connectivity index (χ1n) is 10.4. The molecule has 0 radical (unpaired) electrons. The van der Waals surface area contributed by atoms with E-state index in [2.05, 4.69) is 20.1 Å². The van der Waals surface area contributed by atoms with Gasteiger partial charge in [-0.25, -0.2) is 9.78 Å². The first-order chi connectivity index (χ1) is 15.9. The molecule has 0 unspecified atom stereocenters. The van der Waals surface area contributed by atoms with Crippen LogP contribution in [0.25, 0.3) is 26.9 Å². The fourth-order valence-electron chi connectivity index (χ4n) is 3.50. The van der Waals surface area contributed by atoms with E-state index in [1.165, 1.54) is 0 Å². The summed E-state index contributed by atoms with van der Waals surface area (Å²) in [6, 6.07) is 15.3. The van der Waals surface area contributed by atoms with Crippen LogP contribution in [0.1, 0.15) is 28.5 Å². The molecule has 2 heterocycles.